The van der Waals surface area contributed by atoms with Crippen molar-refractivity contribution in [2.75, 3.05) is 31.1 Å². The molecule has 35 heavy (non-hydrogen) atoms. The second-order valence-electron chi connectivity index (χ2n) is 12.9. The summed E-state index contributed by atoms with van der Waals surface area (Å²) >= 11 is 3.92. The number of aromatic nitrogens is 1. The van der Waals surface area contributed by atoms with Crippen LogP contribution in [0.3, 0.4) is 0 Å². The van der Waals surface area contributed by atoms with Crippen molar-refractivity contribution in [2.45, 2.75) is 105 Å². The molecular formula is C28H44BrN3O3. The van der Waals surface area contributed by atoms with E-state index in [9.17, 15) is 9.90 Å². The minimum atomic E-state index is -1.06. The van der Waals surface area contributed by atoms with Crippen molar-refractivity contribution < 1.29 is 14.6 Å². The molecule has 0 radical (unpaired) electrons. The number of piperidine rings is 2. The lowest BCUT2D eigenvalue weighted by Crippen LogP contribution is -2.43. The molecule has 1 aromatic heterocycles. The Kier molecular flexibility index (Phi) is 7.63. The summed E-state index contributed by atoms with van der Waals surface area (Å²) < 4.78 is 7.06. The van der Waals surface area contributed by atoms with E-state index in [4.69, 9.17) is 9.72 Å². The highest BCUT2D eigenvalue weighted by atomic mass is 79.9. The first-order valence-corrected chi connectivity index (χ1v) is 14.2. The molecule has 2 aliphatic heterocycles. The van der Waals surface area contributed by atoms with E-state index in [1.807, 2.05) is 27.7 Å². The molecule has 3 heterocycles. The van der Waals surface area contributed by atoms with Crippen LogP contribution < -0.4 is 4.90 Å². The maximum atomic E-state index is 12.5. The Hall–Kier alpha value is -1.18. The van der Waals surface area contributed by atoms with Gasteiger partial charge in [0, 0.05) is 30.9 Å². The van der Waals surface area contributed by atoms with Crippen LogP contribution >= 0.6 is 15.9 Å². The van der Waals surface area contributed by atoms with Crippen LogP contribution in [0, 0.1) is 17.8 Å². The van der Waals surface area contributed by atoms with Gasteiger partial charge in [0.25, 0.3) is 0 Å². The van der Waals surface area contributed by atoms with Gasteiger partial charge < -0.3 is 14.7 Å². The first-order valence-electron chi connectivity index (χ1n) is 13.4. The largest absolute Gasteiger partial charge is 0.479 e. The Bertz CT molecular complexity index is 932. The third kappa shape index (κ3) is 6.04. The second-order valence-corrected chi connectivity index (χ2v) is 13.7. The van der Waals surface area contributed by atoms with Crippen molar-refractivity contribution in [3.05, 3.63) is 21.4 Å². The summed E-state index contributed by atoms with van der Waals surface area (Å²) in [5.41, 5.74) is 3.75. The quantitative estimate of drug-likeness (QED) is 0.437. The van der Waals surface area contributed by atoms with Crippen LogP contribution in [0.1, 0.15) is 103 Å². The Labute approximate surface area is 219 Å². The molecule has 3 fully saturated rings. The van der Waals surface area contributed by atoms with E-state index in [1.54, 1.807) is 0 Å². The van der Waals surface area contributed by atoms with E-state index in [1.165, 1.54) is 32.1 Å². The Morgan fingerprint density at radius 1 is 1.09 bits per heavy atom. The number of ether oxygens (including phenoxy) is 1. The number of rotatable bonds is 6. The average Bonchev–Trinajstić information content (AvgIpc) is 2.73. The first-order chi connectivity index (χ1) is 16.3. The van der Waals surface area contributed by atoms with E-state index >= 15 is 0 Å². The number of nitrogens with zero attached hydrogens (tertiary/aromatic N) is 3. The van der Waals surface area contributed by atoms with Crippen LogP contribution in [0.2, 0.25) is 0 Å². The molecule has 3 aliphatic rings. The summed E-state index contributed by atoms with van der Waals surface area (Å²) in [5.74, 6) is -0.968. The van der Waals surface area contributed by atoms with Crippen molar-refractivity contribution in [3.63, 3.8) is 0 Å². The van der Waals surface area contributed by atoms with Gasteiger partial charge in [-0.05, 0) is 106 Å². The monoisotopic (exact) mass is 549 g/mol. The van der Waals surface area contributed by atoms with Crippen LogP contribution in [0.4, 0.5) is 5.69 Å². The topological polar surface area (TPSA) is 65.9 Å². The highest BCUT2D eigenvalue weighted by Gasteiger charge is 2.40. The molecule has 0 bridgehead atoms. The maximum Gasteiger partial charge on any atom is 0.337 e. The smallest absolute Gasteiger partial charge is 0.337 e. The molecular weight excluding hydrogens is 506 g/mol. The zero-order chi connectivity index (χ0) is 25.6. The van der Waals surface area contributed by atoms with Gasteiger partial charge in [0.1, 0.15) is 0 Å². The van der Waals surface area contributed by atoms with Crippen LogP contribution in [0.5, 0.6) is 0 Å². The summed E-state index contributed by atoms with van der Waals surface area (Å²) in [6.07, 6.45) is 7.85. The number of likely N-dealkylation sites (tertiary alicyclic amines) is 1. The van der Waals surface area contributed by atoms with E-state index in [0.717, 1.165) is 67.1 Å². The number of carbonyl (C=O) groups is 1. The number of hydrogen-bond acceptors (Lipinski definition) is 5. The van der Waals surface area contributed by atoms with Crippen molar-refractivity contribution >= 4 is 27.6 Å². The van der Waals surface area contributed by atoms with Crippen molar-refractivity contribution in [3.8, 4) is 0 Å². The third-order valence-electron chi connectivity index (χ3n) is 8.50. The van der Waals surface area contributed by atoms with E-state index in [2.05, 4.69) is 39.6 Å². The molecule has 1 aromatic rings. The molecule has 0 amide bonds. The summed E-state index contributed by atoms with van der Waals surface area (Å²) in [6.45, 7) is 17.1. The van der Waals surface area contributed by atoms with Gasteiger partial charge in [-0.3, -0.25) is 9.88 Å². The Balaban J connectivity index is 1.69. The average molecular weight is 551 g/mol. The van der Waals surface area contributed by atoms with Crippen LogP contribution in [-0.4, -0.2) is 52.7 Å². The standard InChI is InChI=1S/C28H44BrN3O3/c1-19-21(24(25(33)34)35-26(2,3)4)23(32-16-10-27(5,6)11-17-32)22(29)20(30-19)18-31-14-12-28(13-15-31)8-7-9-28/h24H,7-18H2,1-6H3,(H,33,34). The number of carboxylic acids is 1. The van der Waals surface area contributed by atoms with Gasteiger partial charge in [0.15, 0.2) is 6.10 Å². The molecule has 1 aliphatic carbocycles. The summed E-state index contributed by atoms with van der Waals surface area (Å²) in [6, 6.07) is 0. The van der Waals surface area contributed by atoms with Crippen LogP contribution in [-0.2, 0) is 16.1 Å². The lowest BCUT2D eigenvalue weighted by atomic mass is 9.63. The molecule has 1 saturated carbocycles. The highest BCUT2D eigenvalue weighted by Crippen LogP contribution is 2.49. The van der Waals surface area contributed by atoms with Crippen LogP contribution in [0.15, 0.2) is 4.47 Å². The molecule has 1 unspecified atom stereocenters. The van der Waals surface area contributed by atoms with Crippen molar-refractivity contribution in [2.24, 2.45) is 10.8 Å². The molecule has 7 heteroatoms. The Morgan fingerprint density at radius 3 is 2.17 bits per heavy atom. The molecule has 4 rings (SSSR count). The zero-order valence-corrected chi connectivity index (χ0v) is 24.1. The van der Waals surface area contributed by atoms with Gasteiger partial charge >= 0.3 is 5.97 Å². The van der Waals surface area contributed by atoms with Gasteiger partial charge in [-0.2, -0.15) is 0 Å². The van der Waals surface area contributed by atoms with Gasteiger partial charge in [-0.25, -0.2) is 4.79 Å². The second kappa shape index (κ2) is 9.94. The van der Waals surface area contributed by atoms with Gasteiger partial charge in [-0.15, -0.1) is 0 Å². The lowest BCUT2D eigenvalue weighted by Gasteiger charge is -2.48. The predicted molar refractivity (Wildman–Crippen MR) is 144 cm³/mol. The van der Waals surface area contributed by atoms with E-state index in [0.29, 0.717) is 16.4 Å². The van der Waals surface area contributed by atoms with Gasteiger partial charge in [0.2, 0.25) is 0 Å². The van der Waals surface area contributed by atoms with E-state index in [-0.39, 0.29) is 0 Å². The van der Waals surface area contributed by atoms with E-state index < -0.39 is 17.7 Å². The van der Waals surface area contributed by atoms with Gasteiger partial charge in [0.05, 0.1) is 21.5 Å². The zero-order valence-electron chi connectivity index (χ0n) is 22.5. The van der Waals surface area contributed by atoms with Crippen molar-refractivity contribution in [1.82, 2.24) is 9.88 Å². The number of carboxylic acid groups (broad SMARTS) is 1. The number of aliphatic carboxylic acids is 1. The first kappa shape index (κ1) is 26.9. The number of hydrogen-bond donors (Lipinski definition) is 1. The molecule has 2 saturated heterocycles. The fourth-order valence-electron chi connectivity index (χ4n) is 5.96. The number of halogens is 1. The normalized spacial score (nSPS) is 23.2. The predicted octanol–water partition coefficient (Wildman–Crippen LogP) is 6.49. The minimum Gasteiger partial charge on any atom is -0.479 e. The van der Waals surface area contributed by atoms with Gasteiger partial charge in [-0.1, -0.05) is 20.3 Å². The molecule has 0 aromatic carbocycles. The minimum absolute atomic E-state index is 0.299. The number of aryl methyl sites for hydroxylation is 1. The lowest BCUT2D eigenvalue weighted by molar-refractivity contribution is -0.160. The SMILES string of the molecule is Cc1nc(CN2CCC3(CCC3)CC2)c(Br)c(N2CCC(C)(C)CC2)c1C(OC(C)(C)C)C(=O)O. The molecule has 1 atom stereocenters. The highest BCUT2D eigenvalue weighted by molar-refractivity contribution is 9.10. The fraction of sp³-hybridized carbons (Fsp3) is 0.786. The molecule has 6 nitrogen and oxygen atoms in total. The van der Waals surface area contributed by atoms with Crippen LogP contribution in [0.25, 0.3) is 0 Å². The number of anilines is 1. The van der Waals surface area contributed by atoms with Crippen molar-refractivity contribution in [1.29, 1.82) is 0 Å². The molecule has 1 spiro atoms. The summed E-state index contributed by atoms with van der Waals surface area (Å²) in [5, 5.41) is 10.2. The molecule has 1 N–H and O–H groups in total. The fourth-order valence-corrected chi connectivity index (χ4v) is 6.64. The number of pyridine rings is 1. The summed E-state index contributed by atoms with van der Waals surface area (Å²) in [4.78, 5) is 22.4. The Morgan fingerprint density at radius 2 is 1.69 bits per heavy atom. The molecule has 196 valence electrons. The third-order valence-corrected chi connectivity index (χ3v) is 9.34. The maximum absolute atomic E-state index is 12.5. The summed E-state index contributed by atoms with van der Waals surface area (Å²) in [7, 11) is 0.